The molecule has 1 heterocycles. The van der Waals surface area contributed by atoms with E-state index in [4.69, 9.17) is 9.47 Å². The van der Waals surface area contributed by atoms with Gasteiger partial charge in [-0.2, -0.15) is 0 Å². The Morgan fingerprint density at radius 2 is 1.58 bits per heavy atom. The van der Waals surface area contributed by atoms with Crippen LogP contribution in [-0.2, 0) is 16.2 Å². The van der Waals surface area contributed by atoms with Crippen molar-refractivity contribution in [2.45, 2.75) is 34.3 Å². The lowest BCUT2D eigenvalue weighted by molar-refractivity contribution is -0.122. The Labute approximate surface area is 210 Å². The molecule has 1 aliphatic rings. The molecule has 0 saturated carbocycles. The molecule has 1 N–H and O–H groups in total. The zero-order valence-corrected chi connectivity index (χ0v) is 20.8. The lowest BCUT2D eigenvalue weighted by Gasteiger charge is -2.26. The molecule has 0 unspecified atom stereocenters. The molecule has 1 fully saturated rings. The molecule has 0 aromatic heterocycles. The van der Waals surface area contributed by atoms with E-state index >= 15 is 0 Å². The number of nitrogens with zero attached hydrogens (tertiary/aromatic N) is 1. The number of hydrogen-bond donors (Lipinski definition) is 1. The van der Waals surface area contributed by atoms with Gasteiger partial charge >= 0.3 is 6.03 Å². The van der Waals surface area contributed by atoms with Gasteiger partial charge in [0, 0.05) is 0 Å². The molecule has 7 nitrogen and oxygen atoms in total. The summed E-state index contributed by atoms with van der Waals surface area (Å²) < 4.78 is 11.8. The van der Waals surface area contributed by atoms with Gasteiger partial charge in [0.1, 0.15) is 12.2 Å². The first-order valence-corrected chi connectivity index (χ1v) is 11.7. The van der Waals surface area contributed by atoms with Crippen LogP contribution in [0.25, 0.3) is 6.08 Å². The van der Waals surface area contributed by atoms with E-state index in [0.717, 1.165) is 27.2 Å². The van der Waals surface area contributed by atoms with Gasteiger partial charge in [-0.3, -0.25) is 14.9 Å². The number of amides is 4. The number of aryl methyl sites for hydroxylation is 3. The molecular formula is C29H28N2O5. The molecule has 3 aromatic carbocycles. The van der Waals surface area contributed by atoms with Crippen molar-refractivity contribution in [2.24, 2.45) is 0 Å². The molecule has 4 rings (SSSR count). The normalized spacial score (nSPS) is 14.7. The molecule has 0 spiro atoms. The number of carbonyl (C=O) groups is 3. The van der Waals surface area contributed by atoms with Crippen LogP contribution in [0.2, 0.25) is 0 Å². The molecule has 4 amide bonds. The molecule has 3 aromatic rings. The lowest BCUT2D eigenvalue weighted by atomic mass is 10.1. The second kappa shape index (κ2) is 10.5. The fraction of sp³-hybridized carbons (Fsp3) is 0.207. The summed E-state index contributed by atoms with van der Waals surface area (Å²) in [4.78, 5) is 39.1. The van der Waals surface area contributed by atoms with E-state index in [1.807, 2.05) is 33.8 Å². The number of imide groups is 2. The second-order valence-electron chi connectivity index (χ2n) is 8.72. The number of nitrogens with one attached hydrogen (secondary N) is 1. The van der Waals surface area contributed by atoms with Gasteiger partial charge in [-0.15, -0.1) is 0 Å². The quantitative estimate of drug-likeness (QED) is 0.365. The first-order valence-electron chi connectivity index (χ1n) is 11.7. The molecule has 0 bridgehead atoms. The van der Waals surface area contributed by atoms with Crippen molar-refractivity contribution in [3.05, 3.63) is 94.1 Å². The number of urea groups is 1. The summed E-state index contributed by atoms with van der Waals surface area (Å²) in [6, 6.07) is 17.6. The highest BCUT2D eigenvalue weighted by Crippen LogP contribution is 2.31. The van der Waals surface area contributed by atoms with Gasteiger partial charge in [-0.1, -0.05) is 47.5 Å². The van der Waals surface area contributed by atoms with Gasteiger partial charge in [0.05, 0.1) is 12.3 Å². The zero-order valence-electron chi connectivity index (χ0n) is 20.8. The molecule has 1 saturated heterocycles. The standard InChI is InChI=1S/C29H28N2O5/c1-5-35-26-16-21(9-10-25(26)36-17-22-12-19(3)11-20(4)13-22)15-24-27(32)30-29(34)31(28(24)33)23-8-6-7-18(2)14-23/h6-16H,5,17H2,1-4H3,(H,30,32,34)/b24-15+. The van der Waals surface area contributed by atoms with Crippen LogP contribution >= 0.6 is 0 Å². The number of rotatable bonds is 7. The topological polar surface area (TPSA) is 84.9 Å². The maximum Gasteiger partial charge on any atom is 0.335 e. The number of anilines is 1. The minimum Gasteiger partial charge on any atom is -0.490 e. The van der Waals surface area contributed by atoms with E-state index in [2.05, 4.69) is 23.5 Å². The first kappa shape index (κ1) is 24.7. The number of barbiturate groups is 1. The van der Waals surface area contributed by atoms with Crippen molar-refractivity contribution in [1.29, 1.82) is 0 Å². The molecule has 0 aliphatic carbocycles. The van der Waals surface area contributed by atoms with Crippen LogP contribution in [0.3, 0.4) is 0 Å². The molecule has 36 heavy (non-hydrogen) atoms. The highest BCUT2D eigenvalue weighted by atomic mass is 16.5. The minimum absolute atomic E-state index is 0.151. The Kier molecular flexibility index (Phi) is 7.20. The lowest BCUT2D eigenvalue weighted by Crippen LogP contribution is -2.54. The molecule has 1 aliphatic heterocycles. The Bertz CT molecular complexity index is 1360. The number of ether oxygens (including phenoxy) is 2. The largest absolute Gasteiger partial charge is 0.490 e. The summed E-state index contributed by atoms with van der Waals surface area (Å²) in [6.07, 6.45) is 1.45. The van der Waals surface area contributed by atoms with Crippen molar-refractivity contribution in [2.75, 3.05) is 11.5 Å². The number of hydrogen-bond acceptors (Lipinski definition) is 5. The van der Waals surface area contributed by atoms with Crippen molar-refractivity contribution in [3.8, 4) is 11.5 Å². The number of carbonyl (C=O) groups excluding carboxylic acids is 3. The van der Waals surface area contributed by atoms with E-state index in [1.54, 1.807) is 36.4 Å². The Morgan fingerprint density at radius 1 is 0.833 bits per heavy atom. The zero-order chi connectivity index (χ0) is 25.8. The van der Waals surface area contributed by atoms with Gasteiger partial charge in [0.2, 0.25) is 0 Å². The Morgan fingerprint density at radius 3 is 2.28 bits per heavy atom. The van der Waals surface area contributed by atoms with E-state index in [-0.39, 0.29) is 5.57 Å². The van der Waals surface area contributed by atoms with Gasteiger partial charge in [0.25, 0.3) is 11.8 Å². The van der Waals surface area contributed by atoms with E-state index in [0.29, 0.717) is 36.0 Å². The maximum atomic E-state index is 13.2. The smallest absolute Gasteiger partial charge is 0.335 e. The van der Waals surface area contributed by atoms with E-state index in [1.165, 1.54) is 6.08 Å². The second-order valence-corrected chi connectivity index (χ2v) is 8.72. The predicted octanol–water partition coefficient (Wildman–Crippen LogP) is 5.26. The molecule has 0 radical (unpaired) electrons. The highest BCUT2D eigenvalue weighted by Gasteiger charge is 2.36. The van der Waals surface area contributed by atoms with Crippen LogP contribution in [0.1, 0.15) is 34.7 Å². The van der Waals surface area contributed by atoms with Crippen LogP contribution in [0.4, 0.5) is 10.5 Å². The third-order valence-corrected chi connectivity index (χ3v) is 5.62. The minimum atomic E-state index is -0.780. The van der Waals surface area contributed by atoms with Gasteiger partial charge in [-0.05, 0) is 74.7 Å². The Hall–Kier alpha value is -4.39. The Balaban J connectivity index is 1.61. The fourth-order valence-electron chi connectivity index (χ4n) is 4.14. The van der Waals surface area contributed by atoms with Gasteiger partial charge in [-0.25, -0.2) is 9.69 Å². The summed E-state index contributed by atoms with van der Waals surface area (Å²) in [5.41, 5.74) is 5.06. The highest BCUT2D eigenvalue weighted by molar-refractivity contribution is 6.39. The summed E-state index contributed by atoms with van der Waals surface area (Å²) in [7, 11) is 0. The van der Waals surface area contributed by atoms with E-state index in [9.17, 15) is 14.4 Å². The summed E-state index contributed by atoms with van der Waals surface area (Å²) in [6.45, 7) is 8.59. The average molecular weight is 485 g/mol. The molecule has 7 heteroatoms. The van der Waals surface area contributed by atoms with Crippen molar-refractivity contribution in [3.63, 3.8) is 0 Å². The number of benzene rings is 3. The monoisotopic (exact) mass is 484 g/mol. The fourth-order valence-corrected chi connectivity index (χ4v) is 4.14. The molecular weight excluding hydrogens is 456 g/mol. The average Bonchev–Trinajstić information content (AvgIpc) is 2.81. The van der Waals surface area contributed by atoms with Crippen LogP contribution < -0.4 is 19.7 Å². The molecule has 0 atom stereocenters. The third-order valence-electron chi connectivity index (χ3n) is 5.62. The van der Waals surface area contributed by atoms with Gasteiger partial charge < -0.3 is 9.47 Å². The maximum absolute atomic E-state index is 13.2. The van der Waals surface area contributed by atoms with Crippen molar-refractivity contribution < 1.29 is 23.9 Å². The summed E-state index contributed by atoms with van der Waals surface area (Å²) in [5, 5.41) is 2.25. The summed E-state index contributed by atoms with van der Waals surface area (Å²) >= 11 is 0. The SMILES string of the molecule is CCOc1cc(/C=C2\C(=O)NC(=O)N(c3cccc(C)c3)C2=O)ccc1OCc1cc(C)cc(C)c1. The van der Waals surface area contributed by atoms with Crippen LogP contribution in [0.15, 0.2) is 66.2 Å². The van der Waals surface area contributed by atoms with Crippen molar-refractivity contribution in [1.82, 2.24) is 5.32 Å². The third kappa shape index (κ3) is 5.46. The van der Waals surface area contributed by atoms with Crippen LogP contribution in [-0.4, -0.2) is 24.5 Å². The molecule has 184 valence electrons. The summed E-state index contributed by atoms with van der Waals surface area (Å²) in [5.74, 6) is -0.398. The van der Waals surface area contributed by atoms with Crippen molar-refractivity contribution >= 4 is 29.6 Å². The predicted molar refractivity (Wildman–Crippen MR) is 138 cm³/mol. The van der Waals surface area contributed by atoms with Gasteiger partial charge in [0.15, 0.2) is 11.5 Å². The van der Waals surface area contributed by atoms with Crippen LogP contribution in [0.5, 0.6) is 11.5 Å². The first-order chi connectivity index (χ1) is 17.2. The van der Waals surface area contributed by atoms with Crippen LogP contribution in [0, 0.1) is 20.8 Å². The van der Waals surface area contributed by atoms with E-state index < -0.39 is 17.8 Å².